The van der Waals surface area contributed by atoms with E-state index in [-0.39, 0.29) is 5.78 Å². The van der Waals surface area contributed by atoms with Crippen molar-refractivity contribution in [3.63, 3.8) is 0 Å². The summed E-state index contributed by atoms with van der Waals surface area (Å²) < 4.78 is 5.19. The number of ether oxygens (including phenoxy) is 1. The summed E-state index contributed by atoms with van der Waals surface area (Å²) in [5.74, 6) is -0.292. The van der Waals surface area contributed by atoms with Crippen molar-refractivity contribution in [1.82, 2.24) is 4.98 Å². The van der Waals surface area contributed by atoms with E-state index in [4.69, 9.17) is 4.74 Å². The number of nitrogens with zero attached hydrogens (tertiary/aromatic N) is 1. The van der Waals surface area contributed by atoms with Crippen molar-refractivity contribution < 1.29 is 14.3 Å². The number of esters is 1. The van der Waals surface area contributed by atoms with Crippen LogP contribution < -0.4 is 5.32 Å². The Hall–Kier alpha value is -3.21. The molecular formula is C22H22N2O3. The molecule has 2 aromatic carbocycles. The predicted octanol–water partition coefficient (Wildman–Crippen LogP) is 4.60. The first-order valence-corrected chi connectivity index (χ1v) is 8.90. The first kappa shape index (κ1) is 18.6. The highest BCUT2D eigenvalue weighted by Crippen LogP contribution is 2.30. The number of hydrogen-bond acceptors (Lipinski definition) is 5. The third-order valence-corrected chi connectivity index (χ3v) is 4.20. The van der Waals surface area contributed by atoms with E-state index in [2.05, 4.69) is 10.3 Å². The second kappa shape index (κ2) is 7.99. The average molecular weight is 362 g/mol. The Labute approximate surface area is 158 Å². The van der Waals surface area contributed by atoms with Gasteiger partial charge in [0.1, 0.15) is 11.3 Å². The van der Waals surface area contributed by atoms with E-state index in [1.807, 2.05) is 49.4 Å². The molecule has 0 amide bonds. The van der Waals surface area contributed by atoms with E-state index in [0.717, 1.165) is 27.7 Å². The third-order valence-electron chi connectivity index (χ3n) is 4.20. The van der Waals surface area contributed by atoms with Crippen LogP contribution in [0.5, 0.6) is 0 Å². The van der Waals surface area contributed by atoms with Gasteiger partial charge >= 0.3 is 5.97 Å². The first-order valence-electron chi connectivity index (χ1n) is 8.90. The van der Waals surface area contributed by atoms with Gasteiger partial charge in [0, 0.05) is 23.7 Å². The highest BCUT2D eigenvalue weighted by Gasteiger charge is 2.17. The van der Waals surface area contributed by atoms with Crippen molar-refractivity contribution in [2.75, 3.05) is 11.9 Å². The molecule has 0 radical (unpaired) electrons. The summed E-state index contributed by atoms with van der Waals surface area (Å²) in [5, 5.41) is 4.19. The molecule has 0 aliphatic heterocycles. The van der Waals surface area contributed by atoms with Crippen LogP contribution in [0, 0.1) is 6.92 Å². The minimum absolute atomic E-state index is 0.121. The van der Waals surface area contributed by atoms with Crippen molar-refractivity contribution in [2.24, 2.45) is 0 Å². The molecule has 3 rings (SSSR count). The number of carbonyl (C=O) groups is 2. The SMILES string of the molecule is CCOC(=O)c1cnc2ccc(C)cc2c1Nc1ccc(CC(C)=O)cc1. The fraction of sp³-hybridized carbons (Fsp3) is 0.227. The van der Waals surface area contributed by atoms with Gasteiger partial charge in [0.05, 0.1) is 17.8 Å². The number of aryl methyl sites for hydroxylation is 1. The lowest BCUT2D eigenvalue weighted by Crippen LogP contribution is -2.09. The van der Waals surface area contributed by atoms with Gasteiger partial charge in [-0.1, -0.05) is 23.8 Å². The van der Waals surface area contributed by atoms with E-state index in [9.17, 15) is 9.59 Å². The summed E-state index contributed by atoms with van der Waals surface area (Å²) in [6.45, 7) is 5.64. The van der Waals surface area contributed by atoms with E-state index < -0.39 is 5.97 Å². The summed E-state index contributed by atoms with van der Waals surface area (Å²) in [6, 6.07) is 13.5. The fourth-order valence-corrected chi connectivity index (χ4v) is 2.94. The van der Waals surface area contributed by atoms with Gasteiger partial charge in [-0.3, -0.25) is 9.78 Å². The van der Waals surface area contributed by atoms with Gasteiger partial charge in [0.15, 0.2) is 0 Å². The lowest BCUT2D eigenvalue weighted by Gasteiger charge is -2.15. The monoisotopic (exact) mass is 362 g/mol. The number of rotatable bonds is 6. The molecule has 1 N–H and O–H groups in total. The van der Waals surface area contributed by atoms with Crippen LogP contribution in [0.25, 0.3) is 10.9 Å². The Bertz CT molecular complexity index is 994. The van der Waals surface area contributed by atoms with Crippen LogP contribution in [0.15, 0.2) is 48.7 Å². The molecule has 0 unspecified atom stereocenters. The molecule has 138 valence electrons. The molecule has 5 nitrogen and oxygen atoms in total. The second-order valence-corrected chi connectivity index (χ2v) is 6.49. The number of ketones is 1. The van der Waals surface area contributed by atoms with Gasteiger partial charge in [-0.15, -0.1) is 0 Å². The van der Waals surface area contributed by atoms with E-state index in [1.54, 1.807) is 20.0 Å². The lowest BCUT2D eigenvalue weighted by atomic mass is 10.1. The van der Waals surface area contributed by atoms with E-state index in [0.29, 0.717) is 24.3 Å². The number of nitrogens with one attached hydrogen (secondary N) is 1. The number of carbonyl (C=O) groups excluding carboxylic acids is 2. The Balaban J connectivity index is 2.04. The van der Waals surface area contributed by atoms with Gasteiger partial charge < -0.3 is 10.1 Å². The maximum atomic E-state index is 12.4. The molecule has 0 aliphatic rings. The molecule has 0 saturated heterocycles. The first-order chi connectivity index (χ1) is 13.0. The van der Waals surface area contributed by atoms with Crippen LogP contribution >= 0.6 is 0 Å². The Kier molecular flexibility index (Phi) is 5.50. The van der Waals surface area contributed by atoms with Crippen molar-refractivity contribution in [1.29, 1.82) is 0 Å². The quantitative estimate of drug-likeness (QED) is 0.649. The third kappa shape index (κ3) is 4.31. The van der Waals surface area contributed by atoms with Crippen LogP contribution in [0.3, 0.4) is 0 Å². The van der Waals surface area contributed by atoms with Crippen LogP contribution in [0.2, 0.25) is 0 Å². The Morgan fingerprint density at radius 1 is 1.11 bits per heavy atom. The molecule has 0 bridgehead atoms. The molecule has 0 atom stereocenters. The van der Waals surface area contributed by atoms with Crippen molar-refractivity contribution in [2.45, 2.75) is 27.2 Å². The molecule has 1 heterocycles. The molecule has 0 aliphatic carbocycles. The number of hydrogen-bond donors (Lipinski definition) is 1. The van der Waals surface area contributed by atoms with Crippen molar-refractivity contribution >= 4 is 34.0 Å². The molecule has 0 fully saturated rings. The van der Waals surface area contributed by atoms with Crippen molar-refractivity contribution in [3.05, 3.63) is 65.4 Å². The molecule has 5 heteroatoms. The number of benzene rings is 2. The zero-order valence-electron chi connectivity index (χ0n) is 15.7. The van der Waals surface area contributed by atoms with E-state index >= 15 is 0 Å². The molecule has 0 spiro atoms. The number of fused-ring (bicyclic) bond motifs is 1. The van der Waals surface area contributed by atoms with Gasteiger partial charge in [-0.05, 0) is 50.6 Å². The normalized spacial score (nSPS) is 10.6. The maximum Gasteiger partial charge on any atom is 0.341 e. The van der Waals surface area contributed by atoms with Gasteiger partial charge in [-0.25, -0.2) is 4.79 Å². The highest BCUT2D eigenvalue weighted by molar-refractivity contribution is 6.06. The van der Waals surface area contributed by atoms with Crippen LogP contribution in [-0.4, -0.2) is 23.3 Å². The zero-order valence-corrected chi connectivity index (χ0v) is 15.7. The Morgan fingerprint density at radius 3 is 2.52 bits per heavy atom. The summed E-state index contributed by atoms with van der Waals surface area (Å²) in [7, 11) is 0. The topological polar surface area (TPSA) is 68.3 Å². The minimum Gasteiger partial charge on any atom is -0.462 e. The molecule has 0 saturated carbocycles. The number of pyridine rings is 1. The summed E-state index contributed by atoms with van der Waals surface area (Å²) >= 11 is 0. The number of Topliss-reactive ketones (excluding diaryl/α,β-unsaturated/α-hetero) is 1. The van der Waals surface area contributed by atoms with Gasteiger partial charge in [-0.2, -0.15) is 0 Å². The minimum atomic E-state index is -0.413. The number of anilines is 2. The summed E-state index contributed by atoms with van der Waals surface area (Å²) in [5.41, 5.74) is 4.70. The maximum absolute atomic E-state index is 12.4. The molecular weight excluding hydrogens is 340 g/mol. The Morgan fingerprint density at radius 2 is 1.85 bits per heavy atom. The summed E-state index contributed by atoms with van der Waals surface area (Å²) in [6.07, 6.45) is 1.95. The zero-order chi connectivity index (χ0) is 19.4. The predicted molar refractivity (Wildman–Crippen MR) is 107 cm³/mol. The second-order valence-electron chi connectivity index (χ2n) is 6.49. The molecule has 27 heavy (non-hydrogen) atoms. The van der Waals surface area contributed by atoms with Crippen LogP contribution in [0.1, 0.15) is 35.3 Å². The van der Waals surface area contributed by atoms with E-state index in [1.165, 1.54) is 0 Å². The van der Waals surface area contributed by atoms with Crippen LogP contribution in [-0.2, 0) is 16.0 Å². The molecule has 3 aromatic rings. The summed E-state index contributed by atoms with van der Waals surface area (Å²) in [4.78, 5) is 28.1. The van der Waals surface area contributed by atoms with Gasteiger partial charge in [0.25, 0.3) is 0 Å². The lowest BCUT2D eigenvalue weighted by molar-refractivity contribution is -0.116. The standard InChI is InChI=1S/C22H22N2O3/c1-4-27-22(26)19-13-23-20-10-5-14(2)11-18(20)21(19)24-17-8-6-16(7-9-17)12-15(3)25/h5-11,13H,4,12H2,1-3H3,(H,23,24). The average Bonchev–Trinajstić information content (AvgIpc) is 2.63. The molecule has 1 aromatic heterocycles. The van der Waals surface area contributed by atoms with Gasteiger partial charge in [0.2, 0.25) is 0 Å². The largest absolute Gasteiger partial charge is 0.462 e. The highest BCUT2D eigenvalue weighted by atomic mass is 16.5. The smallest absolute Gasteiger partial charge is 0.341 e. The fourth-order valence-electron chi connectivity index (χ4n) is 2.94. The number of aromatic nitrogens is 1. The van der Waals surface area contributed by atoms with Crippen molar-refractivity contribution in [3.8, 4) is 0 Å². The van der Waals surface area contributed by atoms with Crippen LogP contribution in [0.4, 0.5) is 11.4 Å².